The molecule has 1 saturated heterocycles. The van der Waals surface area contributed by atoms with Crippen LogP contribution in [0.2, 0.25) is 0 Å². The number of nitrogens with zero attached hydrogens (tertiary/aromatic N) is 4. The van der Waals surface area contributed by atoms with Gasteiger partial charge in [0.25, 0.3) is 0 Å². The van der Waals surface area contributed by atoms with Gasteiger partial charge in [0.05, 0.1) is 12.6 Å². The van der Waals surface area contributed by atoms with Crippen molar-refractivity contribution < 1.29 is 9.32 Å². The number of aryl methyl sites for hydroxylation is 1. The summed E-state index contributed by atoms with van der Waals surface area (Å²) >= 11 is 0. The summed E-state index contributed by atoms with van der Waals surface area (Å²) in [5.74, 6) is 1.40. The van der Waals surface area contributed by atoms with Crippen LogP contribution in [0, 0.1) is 12.8 Å². The quantitative estimate of drug-likeness (QED) is 0.836. The highest BCUT2D eigenvalue weighted by atomic mass is 35.5. The molecule has 2 aromatic rings. The van der Waals surface area contributed by atoms with E-state index in [1.54, 1.807) is 0 Å². The highest BCUT2D eigenvalue weighted by molar-refractivity contribution is 5.85. The number of amides is 1. The van der Waals surface area contributed by atoms with Gasteiger partial charge < -0.3 is 15.2 Å². The molecule has 1 aromatic heterocycles. The number of carbonyl (C=O) groups excluding carboxylic acids is 1. The zero-order valence-corrected chi connectivity index (χ0v) is 16.9. The number of piperazine rings is 1. The molecule has 1 atom stereocenters. The van der Waals surface area contributed by atoms with Crippen molar-refractivity contribution in [1.82, 2.24) is 19.9 Å². The first kappa shape index (κ1) is 21.3. The van der Waals surface area contributed by atoms with E-state index in [1.165, 1.54) is 5.56 Å². The molecule has 1 aliphatic rings. The lowest BCUT2D eigenvalue weighted by Crippen LogP contribution is -2.54. The molecule has 148 valence electrons. The van der Waals surface area contributed by atoms with Gasteiger partial charge in [0.2, 0.25) is 17.6 Å². The molecule has 0 bridgehead atoms. The zero-order valence-electron chi connectivity index (χ0n) is 16.1. The van der Waals surface area contributed by atoms with Crippen molar-refractivity contribution in [3.05, 3.63) is 35.7 Å². The van der Waals surface area contributed by atoms with Crippen molar-refractivity contribution in [2.75, 3.05) is 26.2 Å². The van der Waals surface area contributed by atoms with E-state index in [9.17, 15) is 4.79 Å². The third kappa shape index (κ3) is 5.28. The van der Waals surface area contributed by atoms with E-state index in [-0.39, 0.29) is 24.2 Å². The Balaban J connectivity index is 0.00000261. The van der Waals surface area contributed by atoms with Crippen LogP contribution >= 0.6 is 12.4 Å². The first-order valence-electron chi connectivity index (χ1n) is 9.10. The normalized spacial score (nSPS) is 16.3. The van der Waals surface area contributed by atoms with Crippen LogP contribution in [0.25, 0.3) is 11.4 Å². The molecule has 3 rings (SSSR count). The first-order chi connectivity index (χ1) is 12.4. The van der Waals surface area contributed by atoms with E-state index in [0.29, 0.717) is 31.3 Å². The maximum absolute atomic E-state index is 12.3. The van der Waals surface area contributed by atoms with E-state index in [0.717, 1.165) is 18.7 Å². The predicted octanol–water partition coefficient (Wildman–Crippen LogP) is 2.09. The Morgan fingerprint density at radius 2 is 1.81 bits per heavy atom. The Hall–Kier alpha value is -1.96. The molecule has 1 aromatic carbocycles. The summed E-state index contributed by atoms with van der Waals surface area (Å²) in [5, 5.41) is 4.07. The average molecular weight is 394 g/mol. The number of hydrogen-bond acceptors (Lipinski definition) is 6. The van der Waals surface area contributed by atoms with E-state index in [2.05, 4.69) is 15.0 Å². The van der Waals surface area contributed by atoms with Gasteiger partial charge in [-0.2, -0.15) is 4.98 Å². The second-order valence-corrected chi connectivity index (χ2v) is 7.25. The molecule has 0 spiro atoms. The van der Waals surface area contributed by atoms with Gasteiger partial charge in [-0.3, -0.25) is 9.69 Å². The van der Waals surface area contributed by atoms with Crippen LogP contribution < -0.4 is 5.73 Å². The zero-order chi connectivity index (χ0) is 18.7. The number of carbonyl (C=O) groups is 1. The fourth-order valence-corrected chi connectivity index (χ4v) is 2.95. The van der Waals surface area contributed by atoms with Crippen molar-refractivity contribution in [1.29, 1.82) is 0 Å². The van der Waals surface area contributed by atoms with Crippen LogP contribution in [0.5, 0.6) is 0 Å². The molecule has 0 unspecified atom stereocenters. The molecule has 0 radical (unpaired) electrons. The van der Waals surface area contributed by atoms with E-state index in [4.69, 9.17) is 10.3 Å². The summed E-state index contributed by atoms with van der Waals surface area (Å²) in [6.45, 7) is 9.50. The minimum Gasteiger partial charge on any atom is -0.339 e. The lowest BCUT2D eigenvalue weighted by molar-refractivity contribution is -0.135. The second-order valence-electron chi connectivity index (χ2n) is 7.25. The van der Waals surface area contributed by atoms with Gasteiger partial charge >= 0.3 is 0 Å². The van der Waals surface area contributed by atoms with Gasteiger partial charge in [-0.05, 0) is 12.8 Å². The predicted molar refractivity (Wildman–Crippen MR) is 106 cm³/mol. The molecular formula is C19H28ClN5O2. The smallest absolute Gasteiger partial charge is 0.241 e. The first-order valence-corrected chi connectivity index (χ1v) is 9.10. The summed E-state index contributed by atoms with van der Waals surface area (Å²) in [7, 11) is 0. The van der Waals surface area contributed by atoms with Gasteiger partial charge in [-0.25, -0.2) is 0 Å². The topological polar surface area (TPSA) is 88.5 Å². The SMILES string of the molecule is Cc1ccc(-c2noc(CN3CCN(C(=O)[C@@H](N)C(C)C)CC3)n2)cc1.Cl. The average Bonchev–Trinajstić information content (AvgIpc) is 3.10. The van der Waals surface area contributed by atoms with Crippen LogP contribution in [0.15, 0.2) is 28.8 Å². The number of nitrogens with two attached hydrogens (primary N) is 1. The summed E-state index contributed by atoms with van der Waals surface area (Å²) in [6, 6.07) is 7.63. The van der Waals surface area contributed by atoms with Crippen molar-refractivity contribution in [3.8, 4) is 11.4 Å². The second kappa shape index (κ2) is 9.30. The lowest BCUT2D eigenvalue weighted by Gasteiger charge is -2.35. The summed E-state index contributed by atoms with van der Waals surface area (Å²) < 4.78 is 5.39. The molecule has 2 heterocycles. The molecule has 8 heteroatoms. The van der Waals surface area contributed by atoms with Crippen molar-refractivity contribution in [3.63, 3.8) is 0 Å². The van der Waals surface area contributed by atoms with Crippen LogP contribution in [-0.2, 0) is 11.3 Å². The minimum atomic E-state index is -0.422. The number of benzene rings is 1. The van der Waals surface area contributed by atoms with Crippen LogP contribution in [-0.4, -0.2) is 58.1 Å². The Morgan fingerprint density at radius 1 is 1.19 bits per heavy atom. The number of rotatable bonds is 5. The van der Waals surface area contributed by atoms with Gasteiger partial charge in [0, 0.05) is 31.7 Å². The summed E-state index contributed by atoms with van der Waals surface area (Å²) in [4.78, 5) is 20.9. The Kier molecular flexibility index (Phi) is 7.35. The molecule has 1 amide bonds. The molecule has 7 nitrogen and oxygen atoms in total. The molecular weight excluding hydrogens is 366 g/mol. The Morgan fingerprint density at radius 3 is 2.41 bits per heavy atom. The van der Waals surface area contributed by atoms with Gasteiger partial charge in [-0.15, -0.1) is 12.4 Å². The monoisotopic (exact) mass is 393 g/mol. The molecule has 0 aliphatic carbocycles. The molecule has 2 N–H and O–H groups in total. The van der Waals surface area contributed by atoms with Gasteiger partial charge in [0.1, 0.15) is 0 Å². The van der Waals surface area contributed by atoms with Crippen molar-refractivity contribution >= 4 is 18.3 Å². The molecule has 1 aliphatic heterocycles. The number of halogens is 1. The fraction of sp³-hybridized carbons (Fsp3) is 0.526. The van der Waals surface area contributed by atoms with E-state index < -0.39 is 6.04 Å². The third-order valence-electron chi connectivity index (χ3n) is 4.82. The molecule has 1 fully saturated rings. The molecule has 27 heavy (non-hydrogen) atoms. The standard InChI is InChI=1S/C19H27N5O2.ClH/c1-13(2)17(20)19(25)24-10-8-23(9-11-24)12-16-21-18(22-26-16)15-6-4-14(3)5-7-15;/h4-7,13,17H,8-12,20H2,1-3H3;1H/t17-;/m0./s1. The van der Waals surface area contributed by atoms with Crippen LogP contribution in [0.3, 0.4) is 0 Å². The number of hydrogen-bond donors (Lipinski definition) is 1. The van der Waals surface area contributed by atoms with Crippen LogP contribution in [0.4, 0.5) is 0 Å². The Bertz CT molecular complexity index is 739. The largest absolute Gasteiger partial charge is 0.339 e. The highest BCUT2D eigenvalue weighted by Gasteiger charge is 2.27. The fourth-order valence-electron chi connectivity index (χ4n) is 2.95. The van der Waals surface area contributed by atoms with E-state index in [1.807, 2.05) is 49.9 Å². The molecule has 0 saturated carbocycles. The van der Waals surface area contributed by atoms with Gasteiger partial charge in [0.15, 0.2) is 0 Å². The van der Waals surface area contributed by atoms with Crippen molar-refractivity contribution in [2.45, 2.75) is 33.4 Å². The number of aromatic nitrogens is 2. The van der Waals surface area contributed by atoms with Gasteiger partial charge in [-0.1, -0.05) is 48.8 Å². The summed E-state index contributed by atoms with van der Waals surface area (Å²) in [6.07, 6.45) is 0. The van der Waals surface area contributed by atoms with Crippen LogP contribution in [0.1, 0.15) is 25.3 Å². The minimum absolute atomic E-state index is 0. The van der Waals surface area contributed by atoms with E-state index >= 15 is 0 Å². The van der Waals surface area contributed by atoms with Crippen molar-refractivity contribution in [2.24, 2.45) is 11.7 Å². The maximum Gasteiger partial charge on any atom is 0.241 e. The highest BCUT2D eigenvalue weighted by Crippen LogP contribution is 2.17. The maximum atomic E-state index is 12.3. The third-order valence-corrected chi connectivity index (χ3v) is 4.82. The summed E-state index contributed by atoms with van der Waals surface area (Å²) in [5.41, 5.74) is 8.12. The Labute approximate surface area is 166 Å². The lowest BCUT2D eigenvalue weighted by atomic mass is 10.0.